The first kappa shape index (κ1) is 20.6. The Morgan fingerprint density at radius 2 is 2.03 bits per heavy atom. The predicted octanol–water partition coefficient (Wildman–Crippen LogP) is 2.03. The van der Waals surface area contributed by atoms with Gasteiger partial charge in [-0.05, 0) is 42.2 Å². The largest absolute Gasteiger partial charge is 0.325 e. The lowest BCUT2D eigenvalue weighted by Gasteiger charge is -2.22. The van der Waals surface area contributed by atoms with Gasteiger partial charge in [0.15, 0.2) is 15.0 Å². The first-order chi connectivity index (χ1) is 15.2. The van der Waals surface area contributed by atoms with E-state index in [0.717, 1.165) is 33.6 Å². The second kappa shape index (κ2) is 7.10. The van der Waals surface area contributed by atoms with E-state index in [0.29, 0.717) is 23.1 Å². The van der Waals surface area contributed by atoms with Crippen molar-refractivity contribution in [3.63, 3.8) is 0 Å². The number of nitrogens with zero attached hydrogens (tertiary/aromatic N) is 2. The number of amides is 4. The summed E-state index contributed by atoms with van der Waals surface area (Å²) in [4.78, 5) is 43.7. The highest BCUT2D eigenvalue weighted by Crippen LogP contribution is 2.41. The quantitative estimate of drug-likeness (QED) is 0.562. The molecular weight excluding hydrogens is 452 g/mol. The average Bonchev–Trinajstić information content (AvgIpc) is 3.38. The molecule has 1 aliphatic heterocycles. The number of aryl methyl sites for hydroxylation is 1. The molecule has 4 amide bonds. The lowest BCUT2D eigenvalue weighted by Crippen LogP contribution is -2.42. The summed E-state index contributed by atoms with van der Waals surface area (Å²) >= 11 is 1.11. The van der Waals surface area contributed by atoms with E-state index in [2.05, 4.69) is 15.6 Å². The van der Waals surface area contributed by atoms with E-state index < -0.39 is 39.8 Å². The molecular formula is C21H18N4O5S2. The summed E-state index contributed by atoms with van der Waals surface area (Å²) in [5, 5.41) is 5.64. The van der Waals surface area contributed by atoms with Crippen LogP contribution in [0.3, 0.4) is 0 Å². The van der Waals surface area contributed by atoms with Crippen molar-refractivity contribution >= 4 is 54.4 Å². The molecule has 1 aliphatic carbocycles. The molecule has 164 valence electrons. The second-order valence-electron chi connectivity index (χ2n) is 7.85. The summed E-state index contributed by atoms with van der Waals surface area (Å²) in [6, 6.07) is 11.4. The number of thiazole rings is 1. The standard InChI is InChI=1S/C21H18N4O5S2/c1-32(29,30)13-6-7-15-16(10-13)31-19(22-15)23-17(26)11-25-18(27)21(24-20(25)28)9-8-12-4-2-3-5-14(12)21/h2-7,10H,8-9,11H2,1H3,(H,24,28)(H,22,23,26). The number of imide groups is 1. The van der Waals surface area contributed by atoms with Gasteiger partial charge in [-0.3, -0.25) is 14.5 Å². The molecule has 0 saturated carbocycles. The van der Waals surface area contributed by atoms with Crippen molar-refractivity contribution in [3.8, 4) is 0 Å². The van der Waals surface area contributed by atoms with Gasteiger partial charge in [-0.1, -0.05) is 35.6 Å². The van der Waals surface area contributed by atoms with Crippen LogP contribution < -0.4 is 10.6 Å². The molecule has 1 unspecified atom stereocenters. The average molecular weight is 471 g/mol. The Balaban J connectivity index is 1.34. The lowest BCUT2D eigenvalue weighted by atomic mass is 9.92. The lowest BCUT2D eigenvalue weighted by molar-refractivity contribution is -0.134. The monoisotopic (exact) mass is 470 g/mol. The summed E-state index contributed by atoms with van der Waals surface area (Å²) in [5.74, 6) is -1.01. The first-order valence-corrected chi connectivity index (χ1v) is 12.5. The van der Waals surface area contributed by atoms with Gasteiger partial charge in [-0.25, -0.2) is 18.2 Å². The number of urea groups is 1. The van der Waals surface area contributed by atoms with Crippen LogP contribution in [0.1, 0.15) is 17.5 Å². The number of benzene rings is 2. The van der Waals surface area contributed by atoms with Crippen molar-refractivity contribution in [3.05, 3.63) is 53.6 Å². The number of aromatic nitrogens is 1. The molecule has 1 atom stereocenters. The summed E-state index contributed by atoms with van der Waals surface area (Å²) in [5.41, 5.74) is 1.20. The highest BCUT2D eigenvalue weighted by Gasteiger charge is 2.55. The van der Waals surface area contributed by atoms with E-state index in [9.17, 15) is 22.8 Å². The third-order valence-electron chi connectivity index (χ3n) is 5.76. The Kier molecular flexibility index (Phi) is 4.57. The molecule has 2 aromatic carbocycles. The molecule has 0 bridgehead atoms. The summed E-state index contributed by atoms with van der Waals surface area (Å²) in [6.07, 6.45) is 2.24. The smallest absolute Gasteiger partial charge is 0.319 e. The molecule has 11 heteroatoms. The minimum Gasteiger partial charge on any atom is -0.319 e. The first-order valence-electron chi connectivity index (χ1n) is 9.80. The van der Waals surface area contributed by atoms with Gasteiger partial charge in [0.1, 0.15) is 12.1 Å². The fraction of sp³-hybridized carbons (Fsp3) is 0.238. The molecule has 1 spiro atoms. The van der Waals surface area contributed by atoms with E-state index in [1.165, 1.54) is 12.1 Å². The summed E-state index contributed by atoms with van der Waals surface area (Å²) in [7, 11) is -3.37. The molecule has 1 saturated heterocycles. The third kappa shape index (κ3) is 3.24. The molecule has 0 radical (unpaired) electrons. The van der Waals surface area contributed by atoms with Crippen LogP contribution in [0.5, 0.6) is 0 Å². The normalized spacial score (nSPS) is 20.1. The van der Waals surface area contributed by atoms with Gasteiger partial charge < -0.3 is 10.6 Å². The molecule has 3 aromatic rings. The van der Waals surface area contributed by atoms with Crippen LogP contribution in [0.2, 0.25) is 0 Å². The summed E-state index contributed by atoms with van der Waals surface area (Å²) in [6.45, 7) is -0.445. The molecule has 2 heterocycles. The van der Waals surface area contributed by atoms with Gasteiger partial charge >= 0.3 is 6.03 Å². The predicted molar refractivity (Wildman–Crippen MR) is 118 cm³/mol. The van der Waals surface area contributed by atoms with Crippen LogP contribution in [0, 0.1) is 0 Å². The fourth-order valence-corrected chi connectivity index (χ4v) is 5.87. The van der Waals surface area contributed by atoms with E-state index in [-0.39, 0.29) is 10.0 Å². The Hall–Kier alpha value is -3.31. The van der Waals surface area contributed by atoms with Crippen molar-refractivity contribution in [2.24, 2.45) is 0 Å². The zero-order valence-electron chi connectivity index (χ0n) is 16.9. The maximum Gasteiger partial charge on any atom is 0.325 e. The number of sulfone groups is 1. The van der Waals surface area contributed by atoms with E-state index >= 15 is 0 Å². The highest BCUT2D eigenvalue weighted by atomic mass is 32.2. The number of hydrogen-bond acceptors (Lipinski definition) is 7. The molecule has 2 aliphatic rings. The Bertz CT molecular complexity index is 1410. The number of nitrogens with one attached hydrogen (secondary N) is 2. The molecule has 9 nitrogen and oxygen atoms in total. The number of carbonyl (C=O) groups is 3. The topological polar surface area (TPSA) is 126 Å². The van der Waals surface area contributed by atoms with Gasteiger partial charge in [0.05, 0.1) is 15.1 Å². The Labute approximate surface area is 187 Å². The van der Waals surface area contributed by atoms with Crippen LogP contribution in [-0.4, -0.2) is 48.9 Å². The van der Waals surface area contributed by atoms with Gasteiger partial charge in [-0.15, -0.1) is 0 Å². The fourth-order valence-electron chi connectivity index (χ4n) is 4.22. The van der Waals surface area contributed by atoms with E-state index in [4.69, 9.17) is 0 Å². The number of carbonyl (C=O) groups excluding carboxylic acids is 3. The van der Waals surface area contributed by atoms with Crippen molar-refractivity contribution < 1.29 is 22.8 Å². The number of rotatable bonds is 4. The molecule has 5 rings (SSSR count). The van der Waals surface area contributed by atoms with Gasteiger partial charge in [0, 0.05) is 6.26 Å². The third-order valence-corrected chi connectivity index (χ3v) is 7.80. The SMILES string of the molecule is CS(=O)(=O)c1ccc2nc(NC(=O)CN3C(=O)NC4(CCc5ccccc54)C3=O)sc2c1. The van der Waals surface area contributed by atoms with Gasteiger partial charge in [0.2, 0.25) is 5.91 Å². The van der Waals surface area contributed by atoms with Gasteiger partial charge in [0.25, 0.3) is 5.91 Å². The molecule has 1 fully saturated rings. The van der Waals surface area contributed by atoms with E-state index in [1.54, 1.807) is 6.07 Å². The Morgan fingerprint density at radius 1 is 1.25 bits per heavy atom. The zero-order valence-corrected chi connectivity index (χ0v) is 18.5. The summed E-state index contributed by atoms with van der Waals surface area (Å²) < 4.78 is 24.1. The second-order valence-corrected chi connectivity index (χ2v) is 10.9. The maximum atomic E-state index is 13.2. The van der Waals surface area contributed by atoms with Crippen LogP contribution in [0.25, 0.3) is 10.2 Å². The van der Waals surface area contributed by atoms with Crippen LogP contribution in [0.15, 0.2) is 47.4 Å². The minimum absolute atomic E-state index is 0.160. The number of hydrogen-bond donors (Lipinski definition) is 2. The zero-order chi connectivity index (χ0) is 22.7. The minimum atomic E-state index is -3.37. The Morgan fingerprint density at radius 3 is 2.81 bits per heavy atom. The van der Waals surface area contributed by atoms with Gasteiger partial charge in [-0.2, -0.15) is 0 Å². The molecule has 32 heavy (non-hydrogen) atoms. The molecule has 2 N–H and O–H groups in total. The highest BCUT2D eigenvalue weighted by molar-refractivity contribution is 7.90. The maximum absolute atomic E-state index is 13.2. The van der Waals surface area contributed by atoms with Crippen molar-refractivity contribution in [1.29, 1.82) is 0 Å². The van der Waals surface area contributed by atoms with Crippen LogP contribution in [-0.2, 0) is 31.4 Å². The molecule has 1 aromatic heterocycles. The van der Waals surface area contributed by atoms with Crippen molar-refractivity contribution in [1.82, 2.24) is 15.2 Å². The number of anilines is 1. The van der Waals surface area contributed by atoms with Crippen molar-refractivity contribution in [2.75, 3.05) is 18.1 Å². The van der Waals surface area contributed by atoms with Crippen molar-refractivity contribution in [2.45, 2.75) is 23.3 Å². The van der Waals surface area contributed by atoms with E-state index in [1.807, 2.05) is 24.3 Å². The van der Waals surface area contributed by atoms with Crippen LogP contribution in [0.4, 0.5) is 9.93 Å². The number of fused-ring (bicyclic) bond motifs is 3. The van der Waals surface area contributed by atoms with Crippen LogP contribution >= 0.6 is 11.3 Å².